The third kappa shape index (κ3) is 3.08. The van der Waals surface area contributed by atoms with Gasteiger partial charge in [0.15, 0.2) is 0 Å². The molecule has 108 valence electrons. The van der Waals surface area contributed by atoms with Crippen LogP contribution in [0.15, 0.2) is 0 Å². The number of rotatable bonds is 4. The molecule has 0 bridgehead atoms. The zero-order valence-corrected chi connectivity index (χ0v) is 11.7. The molecule has 1 heterocycles. The number of amides is 1. The van der Waals surface area contributed by atoms with E-state index in [2.05, 4.69) is 5.32 Å². The molecule has 1 saturated carbocycles. The van der Waals surface area contributed by atoms with Gasteiger partial charge in [-0.3, -0.25) is 14.9 Å². The Morgan fingerprint density at radius 2 is 1.68 bits per heavy atom. The van der Waals surface area contributed by atoms with Crippen molar-refractivity contribution in [1.82, 2.24) is 10.2 Å². The molecule has 2 fully saturated rings. The van der Waals surface area contributed by atoms with Gasteiger partial charge in [0.05, 0.1) is 6.04 Å². The van der Waals surface area contributed by atoms with E-state index >= 15 is 0 Å². The topological polar surface area (TPSA) is 69.6 Å². The molecule has 1 unspecified atom stereocenters. The largest absolute Gasteiger partial charge is 0.480 e. The van der Waals surface area contributed by atoms with Crippen molar-refractivity contribution in [1.29, 1.82) is 0 Å². The lowest BCUT2D eigenvalue weighted by atomic mass is 9.76. The fourth-order valence-corrected chi connectivity index (χ4v) is 2.99. The molecule has 1 saturated heterocycles. The minimum absolute atomic E-state index is 0.0504. The highest BCUT2D eigenvalue weighted by Crippen LogP contribution is 2.32. The second kappa shape index (κ2) is 5.90. The molecule has 19 heavy (non-hydrogen) atoms. The molecule has 1 atom stereocenters. The van der Waals surface area contributed by atoms with E-state index in [1.165, 1.54) is 12.8 Å². The summed E-state index contributed by atoms with van der Waals surface area (Å²) in [6.07, 6.45) is 6.66. The van der Waals surface area contributed by atoms with Crippen molar-refractivity contribution >= 4 is 11.9 Å². The Labute approximate surface area is 114 Å². The molecule has 1 amide bonds. The molecule has 0 radical (unpaired) electrons. The molecule has 0 aromatic carbocycles. The fraction of sp³-hybridized carbons (Fsp3) is 0.857. The Balaban J connectivity index is 1.93. The summed E-state index contributed by atoms with van der Waals surface area (Å²) in [5.41, 5.74) is -0.860. The monoisotopic (exact) mass is 268 g/mol. The van der Waals surface area contributed by atoms with Gasteiger partial charge in [0.25, 0.3) is 0 Å². The van der Waals surface area contributed by atoms with Gasteiger partial charge in [-0.25, -0.2) is 0 Å². The van der Waals surface area contributed by atoms with E-state index in [4.69, 9.17) is 0 Å². The molecular formula is C14H24N2O3. The van der Waals surface area contributed by atoms with Crippen LogP contribution in [0.4, 0.5) is 0 Å². The quantitative estimate of drug-likeness (QED) is 0.808. The second-order valence-electron chi connectivity index (χ2n) is 5.85. The number of nitrogens with one attached hydrogen (secondary N) is 1. The highest BCUT2D eigenvalue weighted by atomic mass is 16.4. The number of carbonyl (C=O) groups excluding carboxylic acids is 1. The minimum Gasteiger partial charge on any atom is -0.480 e. The van der Waals surface area contributed by atoms with Crippen LogP contribution in [0.3, 0.4) is 0 Å². The number of carboxylic acid groups (broad SMARTS) is 1. The van der Waals surface area contributed by atoms with Crippen LogP contribution in [0.5, 0.6) is 0 Å². The van der Waals surface area contributed by atoms with Gasteiger partial charge in [-0.15, -0.1) is 0 Å². The lowest BCUT2D eigenvalue weighted by molar-refractivity contribution is -0.150. The molecule has 2 aliphatic rings. The van der Waals surface area contributed by atoms with Crippen LogP contribution >= 0.6 is 0 Å². The van der Waals surface area contributed by atoms with Crippen molar-refractivity contribution in [2.45, 2.75) is 63.5 Å². The third-order valence-corrected chi connectivity index (χ3v) is 4.40. The smallest absolute Gasteiger partial charge is 0.323 e. The molecule has 1 aliphatic carbocycles. The van der Waals surface area contributed by atoms with Gasteiger partial charge in [-0.05, 0) is 39.0 Å². The maximum absolute atomic E-state index is 12.4. The van der Waals surface area contributed by atoms with Gasteiger partial charge in [-0.2, -0.15) is 0 Å². The van der Waals surface area contributed by atoms with Crippen molar-refractivity contribution in [2.24, 2.45) is 0 Å². The van der Waals surface area contributed by atoms with Crippen LogP contribution in [-0.2, 0) is 9.59 Å². The summed E-state index contributed by atoms with van der Waals surface area (Å²) >= 11 is 0. The van der Waals surface area contributed by atoms with E-state index in [0.29, 0.717) is 12.8 Å². The molecule has 0 spiro atoms. The van der Waals surface area contributed by atoms with E-state index in [1.807, 2.05) is 4.90 Å². The van der Waals surface area contributed by atoms with Gasteiger partial charge in [0, 0.05) is 13.1 Å². The lowest BCUT2D eigenvalue weighted by Crippen LogP contribution is -2.62. The third-order valence-electron chi connectivity index (χ3n) is 4.40. The number of hydrogen-bond donors (Lipinski definition) is 2. The number of carboxylic acids is 1. The van der Waals surface area contributed by atoms with Gasteiger partial charge in [0.1, 0.15) is 5.54 Å². The average Bonchev–Trinajstić information content (AvgIpc) is 2.60. The molecule has 1 aliphatic heterocycles. The fourth-order valence-electron chi connectivity index (χ4n) is 2.99. The molecule has 2 N–H and O–H groups in total. The van der Waals surface area contributed by atoms with Crippen LogP contribution < -0.4 is 5.32 Å². The highest BCUT2D eigenvalue weighted by Gasteiger charge is 2.46. The predicted octanol–water partition coefficient (Wildman–Crippen LogP) is 1.37. The van der Waals surface area contributed by atoms with Crippen molar-refractivity contribution in [3.63, 3.8) is 0 Å². The van der Waals surface area contributed by atoms with Crippen LogP contribution in [0.2, 0.25) is 0 Å². The number of hydrogen-bond acceptors (Lipinski definition) is 3. The minimum atomic E-state index is -0.860. The van der Waals surface area contributed by atoms with Crippen molar-refractivity contribution in [3.8, 4) is 0 Å². The summed E-state index contributed by atoms with van der Waals surface area (Å²) in [5.74, 6) is -0.774. The first-order chi connectivity index (χ1) is 9.05. The molecule has 5 heteroatoms. The lowest BCUT2D eigenvalue weighted by Gasteiger charge is -2.41. The van der Waals surface area contributed by atoms with Crippen LogP contribution in [0, 0.1) is 0 Å². The van der Waals surface area contributed by atoms with E-state index in [0.717, 1.165) is 32.4 Å². The van der Waals surface area contributed by atoms with Gasteiger partial charge < -0.3 is 10.0 Å². The van der Waals surface area contributed by atoms with Crippen molar-refractivity contribution < 1.29 is 14.7 Å². The van der Waals surface area contributed by atoms with Crippen LogP contribution in [0.1, 0.15) is 51.9 Å². The summed E-state index contributed by atoms with van der Waals surface area (Å²) in [7, 11) is 0. The first-order valence-electron chi connectivity index (χ1n) is 7.35. The summed E-state index contributed by atoms with van der Waals surface area (Å²) < 4.78 is 0. The zero-order chi connectivity index (χ0) is 13.9. The SMILES string of the molecule is CC(NC1(C(=O)O)CCC1)C(=O)N1CCCCCC1. The number of carbonyl (C=O) groups is 2. The van der Waals surface area contributed by atoms with Gasteiger partial charge >= 0.3 is 5.97 Å². The summed E-state index contributed by atoms with van der Waals surface area (Å²) in [4.78, 5) is 25.6. The molecular weight excluding hydrogens is 244 g/mol. The number of nitrogens with zero attached hydrogens (tertiary/aromatic N) is 1. The predicted molar refractivity (Wildman–Crippen MR) is 71.9 cm³/mol. The van der Waals surface area contributed by atoms with E-state index < -0.39 is 17.6 Å². The van der Waals surface area contributed by atoms with E-state index in [-0.39, 0.29) is 5.91 Å². The second-order valence-corrected chi connectivity index (χ2v) is 5.85. The normalized spacial score (nSPS) is 24.2. The molecule has 0 aromatic rings. The number of aliphatic carboxylic acids is 1. The average molecular weight is 268 g/mol. The maximum Gasteiger partial charge on any atom is 0.323 e. The summed E-state index contributed by atoms with van der Waals surface area (Å²) in [6, 6.07) is -0.408. The maximum atomic E-state index is 12.4. The Hall–Kier alpha value is -1.10. The zero-order valence-electron chi connectivity index (χ0n) is 11.7. The Morgan fingerprint density at radius 1 is 1.11 bits per heavy atom. The first-order valence-corrected chi connectivity index (χ1v) is 7.35. The van der Waals surface area contributed by atoms with Crippen molar-refractivity contribution in [3.05, 3.63) is 0 Å². The highest BCUT2D eigenvalue weighted by molar-refractivity contribution is 5.85. The first kappa shape index (κ1) is 14.3. The molecule has 5 nitrogen and oxygen atoms in total. The Bertz CT molecular complexity index is 345. The van der Waals surface area contributed by atoms with Gasteiger partial charge in [0.2, 0.25) is 5.91 Å². The Morgan fingerprint density at radius 3 is 2.11 bits per heavy atom. The van der Waals surface area contributed by atoms with E-state index in [1.54, 1.807) is 6.92 Å². The molecule has 2 rings (SSSR count). The van der Waals surface area contributed by atoms with Crippen LogP contribution in [-0.4, -0.2) is 46.6 Å². The van der Waals surface area contributed by atoms with E-state index in [9.17, 15) is 14.7 Å². The Kier molecular flexibility index (Phi) is 4.45. The van der Waals surface area contributed by atoms with Gasteiger partial charge in [-0.1, -0.05) is 12.8 Å². The van der Waals surface area contributed by atoms with Crippen LogP contribution in [0.25, 0.3) is 0 Å². The molecule has 0 aromatic heterocycles. The van der Waals surface area contributed by atoms with Crippen molar-refractivity contribution in [2.75, 3.05) is 13.1 Å². The summed E-state index contributed by atoms with van der Waals surface area (Å²) in [5, 5.41) is 12.3. The standard InChI is InChI=1S/C14H24N2O3/c1-11(15-14(13(18)19)7-6-8-14)12(17)16-9-4-2-3-5-10-16/h11,15H,2-10H2,1H3,(H,18,19). The number of likely N-dealkylation sites (tertiary alicyclic amines) is 1. The summed E-state index contributed by atoms with van der Waals surface area (Å²) in [6.45, 7) is 3.41.